The molecule has 1 aromatic rings. The maximum Gasteiger partial charge on any atom is 0.108 e. The predicted octanol–water partition coefficient (Wildman–Crippen LogP) is 2.39. The predicted molar refractivity (Wildman–Crippen MR) is 63.4 cm³/mol. The van der Waals surface area contributed by atoms with E-state index in [0.29, 0.717) is 0 Å². The summed E-state index contributed by atoms with van der Waals surface area (Å²) in [6.07, 6.45) is 3.52. The third kappa shape index (κ3) is 3.83. The van der Waals surface area contributed by atoms with E-state index in [9.17, 15) is 0 Å². The standard InChI is InChI=1S/C11H16N2S/c1-11(2,3)8-13-10(14)9-5-4-6-12-7-9/h4-7H,8H2,1-3H3,(H,13,14). The van der Waals surface area contributed by atoms with Crippen LogP contribution in [0.5, 0.6) is 0 Å². The second-order valence-corrected chi connectivity index (χ2v) is 4.89. The minimum absolute atomic E-state index is 0.242. The maximum atomic E-state index is 5.24. The summed E-state index contributed by atoms with van der Waals surface area (Å²) in [5.74, 6) is 0. The summed E-state index contributed by atoms with van der Waals surface area (Å²) in [5, 5.41) is 3.23. The number of rotatable bonds is 2. The Morgan fingerprint density at radius 2 is 2.21 bits per heavy atom. The zero-order chi connectivity index (χ0) is 10.6. The summed E-state index contributed by atoms with van der Waals surface area (Å²) in [4.78, 5) is 4.79. The third-order valence-electron chi connectivity index (χ3n) is 1.70. The topological polar surface area (TPSA) is 24.9 Å². The Labute approximate surface area is 90.7 Å². The molecule has 1 rings (SSSR count). The van der Waals surface area contributed by atoms with Crippen LogP contribution in [0.15, 0.2) is 24.5 Å². The molecule has 0 bridgehead atoms. The minimum Gasteiger partial charge on any atom is -0.375 e. The zero-order valence-corrected chi connectivity index (χ0v) is 9.69. The summed E-state index contributed by atoms with van der Waals surface area (Å²) in [6, 6.07) is 3.85. The fourth-order valence-electron chi connectivity index (χ4n) is 0.945. The third-order valence-corrected chi connectivity index (χ3v) is 2.08. The lowest BCUT2D eigenvalue weighted by atomic mass is 9.97. The van der Waals surface area contributed by atoms with E-state index in [1.54, 1.807) is 12.4 Å². The Hall–Kier alpha value is -0.960. The van der Waals surface area contributed by atoms with Crippen molar-refractivity contribution < 1.29 is 0 Å². The highest BCUT2D eigenvalue weighted by molar-refractivity contribution is 7.80. The molecule has 0 aliphatic carbocycles. The fourth-order valence-corrected chi connectivity index (χ4v) is 1.14. The summed E-state index contributed by atoms with van der Waals surface area (Å²) in [7, 11) is 0. The molecule has 0 radical (unpaired) electrons. The Morgan fingerprint density at radius 1 is 1.50 bits per heavy atom. The Kier molecular flexibility index (Phi) is 3.58. The SMILES string of the molecule is CC(C)(C)CNC(=S)c1cccnc1. The smallest absolute Gasteiger partial charge is 0.108 e. The molecule has 0 fully saturated rings. The normalized spacial score (nSPS) is 11.1. The fraction of sp³-hybridized carbons (Fsp3) is 0.455. The molecule has 0 aromatic carbocycles. The summed E-state index contributed by atoms with van der Waals surface area (Å²) in [6.45, 7) is 7.39. The van der Waals surface area contributed by atoms with E-state index in [2.05, 4.69) is 31.1 Å². The number of pyridine rings is 1. The number of nitrogens with one attached hydrogen (secondary N) is 1. The molecule has 0 amide bonds. The highest BCUT2D eigenvalue weighted by atomic mass is 32.1. The van der Waals surface area contributed by atoms with Crippen LogP contribution in [0.4, 0.5) is 0 Å². The van der Waals surface area contributed by atoms with Gasteiger partial charge in [0.15, 0.2) is 0 Å². The van der Waals surface area contributed by atoms with Crippen LogP contribution < -0.4 is 5.32 Å². The van der Waals surface area contributed by atoms with E-state index >= 15 is 0 Å². The number of nitrogens with zero attached hydrogens (tertiary/aromatic N) is 1. The lowest BCUT2D eigenvalue weighted by Crippen LogP contribution is -2.31. The van der Waals surface area contributed by atoms with Gasteiger partial charge in [0.2, 0.25) is 0 Å². The number of hydrogen-bond acceptors (Lipinski definition) is 2. The first-order chi connectivity index (χ1) is 6.49. The van der Waals surface area contributed by atoms with Gasteiger partial charge in [0.1, 0.15) is 4.99 Å². The quantitative estimate of drug-likeness (QED) is 0.755. The molecule has 3 heteroatoms. The van der Waals surface area contributed by atoms with E-state index < -0.39 is 0 Å². The van der Waals surface area contributed by atoms with Gasteiger partial charge in [0.25, 0.3) is 0 Å². The Bertz CT molecular complexity index is 301. The zero-order valence-electron chi connectivity index (χ0n) is 8.87. The summed E-state index contributed by atoms with van der Waals surface area (Å²) >= 11 is 5.24. The lowest BCUT2D eigenvalue weighted by molar-refractivity contribution is 0.410. The van der Waals surface area contributed by atoms with E-state index in [1.807, 2.05) is 12.1 Å². The monoisotopic (exact) mass is 208 g/mol. The molecule has 2 nitrogen and oxygen atoms in total. The Balaban J connectivity index is 2.52. The van der Waals surface area contributed by atoms with Gasteiger partial charge >= 0.3 is 0 Å². The van der Waals surface area contributed by atoms with Crippen LogP contribution in [0.25, 0.3) is 0 Å². The lowest BCUT2D eigenvalue weighted by Gasteiger charge is -2.19. The van der Waals surface area contributed by atoms with E-state index in [1.165, 1.54) is 0 Å². The van der Waals surface area contributed by atoms with Gasteiger partial charge in [-0.3, -0.25) is 4.98 Å². The first-order valence-corrected chi connectivity index (χ1v) is 5.08. The molecular weight excluding hydrogens is 192 g/mol. The summed E-state index contributed by atoms with van der Waals surface area (Å²) < 4.78 is 0. The van der Waals surface area contributed by atoms with Crippen molar-refractivity contribution in [3.8, 4) is 0 Å². The molecule has 0 unspecified atom stereocenters. The molecular formula is C11H16N2S. The second-order valence-electron chi connectivity index (χ2n) is 4.49. The van der Waals surface area contributed by atoms with Gasteiger partial charge in [0.05, 0.1) is 0 Å². The van der Waals surface area contributed by atoms with Crippen LogP contribution in [0.2, 0.25) is 0 Å². The molecule has 0 saturated carbocycles. The Morgan fingerprint density at radius 3 is 2.71 bits per heavy atom. The molecule has 76 valence electrons. The molecule has 0 aliphatic rings. The minimum atomic E-state index is 0.242. The van der Waals surface area contributed by atoms with Gasteiger partial charge in [-0.2, -0.15) is 0 Å². The van der Waals surface area contributed by atoms with Crippen molar-refractivity contribution in [1.29, 1.82) is 0 Å². The van der Waals surface area contributed by atoms with Crippen molar-refractivity contribution in [3.63, 3.8) is 0 Å². The number of thiocarbonyl (C=S) groups is 1. The van der Waals surface area contributed by atoms with Crippen molar-refractivity contribution in [1.82, 2.24) is 10.3 Å². The molecule has 1 aromatic heterocycles. The molecule has 0 saturated heterocycles. The first kappa shape index (κ1) is 11.1. The first-order valence-electron chi connectivity index (χ1n) is 4.67. The van der Waals surface area contributed by atoms with Crippen molar-refractivity contribution in [2.45, 2.75) is 20.8 Å². The number of hydrogen-bond donors (Lipinski definition) is 1. The molecule has 14 heavy (non-hydrogen) atoms. The summed E-state index contributed by atoms with van der Waals surface area (Å²) in [5.41, 5.74) is 1.22. The van der Waals surface area contributed by atoms with Crippen LogP contribution in [-0.2, 0) is 0 Å². The van der Waals surface area contributed by atoms with E-state index in [0.717, 1.165) is 17.1 Å². The van der Waals surface area contributed by atoms with Crippen LogP contribution in [0, 0.1) is 5.41 Å². The molecule has 0 atom stereocenters. The van der Waals surface area contributed by atoms with Crippen LogP contribution >= 0.6 is 12.2 Å². The molecule has 1 heterocycles. The molecule has 0 spiro atoms. The van der Waals surface area contributed by atoms with Crippen LogP contribution in [0.1, 0.15) is 26.3 Å². The maximum absolute atomic E-state index is 5.24. The highest BCUT2D eigenvalue weighted by Crippen LogP contribution is 2.10. The molecule has 1 N–H and O–H groups in total. The van der Waals surface area contributed by atoms with Gasteiger partial charge in [0, 0.05) is 24.5 Å². The van der Waals surface area contributed by atoms with Gasteiger partial charge in [-0.15, -0.1) is 0 Å². The van der Waals surface area contributed by atoms with E-state index in [4.69, 9.17) is 12.2 Å². The molecule has 0 aliphatic heterocycles. The van der Waals surface area contributed by atoms with Crippen molar-refractivity contribution in [2.75, 3.05) is 6.54 Å². The van der Waals surface area contributed by atoms with Crippen LogP contribution in [0.3, 0.4) is 0 Å². The van der Waals surface area contributed by atoms with Gasteiger partial charge in [-0.25, -0.2) is 0 Å². The van der Waals surface area contributed by atoms with E-state index in [-0.39, 0.29) is 5.41 Å². The van der Waals surface area contributed by atoms with Gasteiger partial charge < -0.3 is 5.32 Å². The largest absolute Gasteiger partial charge is 0.375 e. The highest BCUT2D eigenvalue weighted by Gasteiger charge is 2.10. The van der Waals surface area contributed by atoms with Crippen molar-refractivity contribution in [2.24, 2.45) is 5.41 Å². The van der Waals surface area contributed by atoms with Gasteiger partial charge in [-0.1, -0.05) is 33.0 Å². The number of aromatic nitrogens is 1. The van der Waals surface area contributed by atoms with Gasteiger partial charge in [-0.05, 0) is 17.5 Å². The second kappa shape index (κ2) is 4.51. The van der Waals surface area contributed by atoms with Crippen molar-refractivity contribution in [3.05, 3.63) is 30.1 Å². The average Bonchev–Trinajstić information content (AvgIpc) is 2.14. The van der Waals surface area contributed by atoms with Crippen molar-refractivity contribution >= 4 is 17.2 Å². The average molecular weight is 208 g/mol. The van der Waals surface area contributed by atoms with Crippen LogP contribution in [-0.4, -0.2) is 16.5 Å².